The summed E-state index contributed by atoms with van der Waals surface area (Å²) in [7, 11) is 0. The number of likely N-dealkylation sites (tertiary alicyclic amines) is 1. The van der Waals surface area contributed by atoms with E-state index >= 15 is 0 Å². The molecule has 184 valence electrons. The smallest absolute Gasteiger partial charge is 0.406 e. The quantitative estimate of drug-likeness (QED) is 0.508. The van der Waals surface area contributed by atoms with Gasteiger partial charge in [0.2, 0.25) is 5.91 Å². The van der Waals surface area contributed by atoms with Crippen molar-refractivity contribution in [3.63, 3.8) is 0 Å². The van der Waals surface area contributed by atoms with E-state index in [9.17, 15) is 18.0 Å². The van der Waals surface area contributed by atoms with Crippen molar-refractivity contribution >= 4 is 17.9 Å². The molecule has 0 bridgehead atoms. The Morgan fingerprint density at radius 1 is 1.15 bits per heavy atom. The van der Waals surface area contributed by atoms with Crippen LogP contribution in [-0.4, -0.2) is 54.8 Å². The van der Waals surface area contributed by atoms with Gasteiger partial charge in [0.05, 0.1) is 18.8 Å². The monoisotopic (exact) mass is 486 g/mol. The van der Waals surface area contributed by atoms with Crippen molar-refractivity contribution in [2.75, 3.05) is 19.4 Å². The van der Waals surface area contributed by atoms with Crippen LogP contribution in [0.15, 0.2) is 24.3 Å². The van der Waals surface area contributed by atoms with Crippen molar-refractivity contribution in [3.8, 4) is 5.75 Å². The molecule has 0 aromatic heterocycles. The van der Waals surface area contributed by atoms with Gasteiger partial charge in [-0.15, -0.1) is 13.2 Å². The van der Waals surface area contributed by atoms with Crippen molar-refractivity contribution < 1.29 is 27.4 Å². The van der Waals surface area contributed by atoms with Crippen LogP contribution >= 0.6 is 11.9 Å². The number of carbonyl (C=O) groups excluding carboxylic acids is 1. The van der Waals surface area contributed by atoms with E-state index in [1.54, 1.807) is 18.0 Å². The number of hydrogen-bond acceptors (Lipinski definition) is 5. The van der Waals surface area contributed by atoms with Crippen LogP contribution in [0.4, 0.5) is 13.2 Å². The SMILES string of the molecule is CSNC1CCCN(C(=O)C2CC2)[C@H]1COC1CCC(c2cccc(OC(F)(F)F)c2)CC1. The summed E-state index contributed by atoms with van der Waals surface area (Å²) in [6, 6.07) is 6.60. The summed E-state index contributed by atoms with van der Waals surface area (Å²) in [4.78, 5) is 14.9. The highest BCUT2D eigenvalue weighted by Gasteiger charge is 2.41. The summed E-state index contributed by atoms with van der Waals surface area (Å²) in [5.74, 6) is 0.521. The molecule has 2 aliphatic carbocycles. The highest BCUT2D eigenvalue weighted by Crippen LogP contribution is 2.37. The Morgan fingerprint density at radius 3 is 2.58 bits per heavy atom. The number of benzene rings is 1. The van der Waals surface area contributed by atoms with Gasteiger partial charge < -0.3 is 14.4 Å². The van der Waals surface area contributed by atoms with E-state index in [1.165, 1.54) is 12.1 Å². The van der Waals surface area contributed by atoms with Gasteiger partial charge in [-0.05, 0) is 81.2 Å². The van der Waals surface area contributed by atoms with Gasteiger partial charge in [-0.3, -0.25) is 9.52 Å². The lowest BCUT2D eigenvalue weighted by molar-refractivity contribution is -0.274. The summed E-state index contributed by atoms with van der Waals surface area (Å²) < 4.78 is 51.5. The van der Waals surface area contributed by atoms with Gasteiger partial charge in [0.25, 0.3) is 0 Å². The predicted molar refractivity (Wildman–Crippen MR) is 122 cm³/mol. The van der Waals surface area contributed by atoms with Crippen LogP contribution in [0, 0.1) is 5.92 Å². The highest BCUT2D eigenvalue weighted by atomic mass is 32.2. The molecule has 1 amide bonds. The first-order valence-corrected chi connectivity index (χ1v) is 13.1. The van der Waals surface area contributed by atoms with E-state index in [4.69, 9.17) is 4.74 Å². The lowest BCUT2D eigenvalue weighted by atomic mass is 9.82. The summed E-state index contributed by atoms with van der Waals surface area (Å²) >= 11 is 1.59. The molecule has 1 unspecified atom stereocenters. The zero-order valence-corrected chi connectivity index (χ0v) is 19.8. The maximum Gasteiger partial charge on any atom is 0.573 e. The number of amides is 1. The van der Waals surface area contributed by atoms with Crippen molar-refractivity contribution in [2.24, 2.45) is 5.92 Å². The molecule has 2 atom stereocenters. The van der Waals surface area contributed by atoms with Crippen LogP contribution in [0.3, 0.4) is 0 Å². The number of rotatable bonds is 8. The third-order valence-electron chi connectivity index (χ3n) is 7.00. The summed E-state index contributed by atoms with van der Waals surface area (Å²) in [6.07, 6.45) is 4.94. The Hall–Kier alpha value is -1.45. The van der Waals surface area contributed by atoms with E-state index in [-0.39, 0.29) is 41.7 Å². The number of hydrogen-bond donors (Lipinski definition) is 1. The third kappa shape index (κ3) is 6.79. The largest absolute Gasteiger partial charge is 0.573 e. The maximum atomic E-state index is 12.8. The fourth-order valence-corrected chi connectivity index (χ4v) is 5.73. The van der Waals surface area contributed by atoms with Gasteiger partial charge >= 0.3 is 6.36 Å². The van der Waals surface area contributed by atoms with E-state index in [0.29, 0.717) is 6.61 Å². The Labute approximate surface area is 197 Å². The lowest BCUT2D eigenvalue weighted by Gasteiger charge is -2.42. The Bertz CT molecular complexity index is 795. The van der Waals surface area contributed by atoms with E-state index in [1.807, 2.05) is 17.2 Å². The Balaban J connectivity index is 1.31. The number of ether oxygens (including phenoxy) is 2. The first kappa shape index (κ1) is 24.7. The second-order valence-electron chi connectivity index (χ2n) is 9.37. The number of nitrogens with zero attached hydrogens (tertiary/aromatic N) is 1. The van der Waals surface area contributed by atoms with Crippen molar-refractivity contribution in [3.05, 3.63) is 29.8 Å². The molecule has 1 aliphatic heterocycles. The summed E-state index contributed by atoms with van der Waals surface area (Å²) in [6.45, 7) is 1.33. The van der Waals surface area contributed by atoms with Crippen molar-refractivity contribution in [1.29, 1.82) is 0 Å². The normalized spacial score (nSPS) is 28.5. The molecule has 3 fully saturated rings. The second kappa shape index (κ2) is 10.9. The number of piperidine rings is 1. The molecule has 4 rings (SSSR count). The minimum Gasteiger partial charge on any atom is -0.406 e. The average molecular weight is 487 g/mol. The van der Waals surface area contributed by atoms with Gasteiger partial charge in [-0.1, -0.05) is 24.1 Å². The Kier molecular flexibility index (Phi) is 8.12. The number of alkyl halides is 3. The first-order valence-electron chi connectivity index (χ1n) is 11.9. The van der Waals surface area contributed by atoms with E-state index < -0.39 is 6.36 Å². The number of halogens is 3. The number of carbonyl (C=O) groups is 1. The Morgan fingerprint density at radius 2 is 1.91 bits per heavy atom. The molecular formula is C24H33F3N2O3S. The molecule has 2 saturated carbocycles. The van der Waals surface area contributed by atoms with E-state index in [2.05, 4.69) is 9.46 Å². The molecule has 5 nitrogen and oxygen atoms in total. The molecule has 3 aliphatic rings. The van der Waals surface area contributed by atoms with Gasteiger partial charge in [-0.25, -0.2) is 0 Å². The topological polar surface area (TPSA) is 50.8 Å². The van der Waals surface area contributed by atoms with Crippen molar-refractivity contribution in [1.82, 2.24) is 9.62 Å². The molecular weight excluding hydrogens is 453 g/mol. The second-order valence-corrected chi connectivity index (χ2v) is 10.0. The molecule has 0 radical (unpaired) electrons. The van der Waals surface area contributed by atoms with Crippen LogP contribution in [0.25, 0.3) is 0 Å². The van der Waals surface area contributed by atoms with Crippen LogP contribution in [0.5, 0.6) is 5.75 Å². The van der Waals surface area contributed by atoms with Crippen molar-refractivity contribution in [2.45, 2.75) is 81.8 Å². The van der Waals surface area contributed by atoms with E-state index in [0.717, 1.165) is 63.5 Å². The third-order valence-corrected chi connectivity index (χ3v) is 7.54. The lowest BCUT2D eigenvalue weighted by Crippen LogP contribution is -2.57. The molecule has 1 saturated heterocycles. The summed E-state index contributed by atoms with van der Waals surface area (Å²) in [5, 5.41) is 0. The molecule has 1 aromatic carbocycles. The van der Waals surface area contributed by atoms with Crippen LogP contribution < -0.4 is 9.46 Å². The summed E-state index contributed by atoms with van der Waals surface area (Å²) in [5.41, 5.74) is 0.882. The van der Waals surface area contributed by atoms with Gasteiger partial charge in [0, 0.05) is 18.5 Å². The van der Waals surface area contributed by atoms with Crippen LogP contribution in [0.1, 0.15) is 62.8 Å². The zero-order valence-electron chi connectivity index (χ0n) is 19.0. The molecule has 0 spiro atoms. The van der Waals surface area contributed by atoms with Gasteiger partial charge in [-0.2, -0.15) is 0 Å². The standard InChI is InChI=1S/C24H33F3N2O3S/c1-33-28-21-6-3-13-29(23(30)17-7-8-17)22(21)15-31-19-11-9-16(10-12-19)18-4-2-5-20(14-18)32-24(25,26)27/h2,4-5,14,16-17,19,21-22,28H,3,6-13,15H2,1H3/t16?,19?,21?,22-/m0/s1. The van der Waals surface area contributed by atoms with Gasteiger partial charge in [0.15, 0.2) is 0 Å². The molecule has 1 N–H and O–H groups in total. The van der Waals surface area contributed by atoms with Crippen LogP contribution in [0.2, 0.25) is 0 Å². The average Bonchev–Trinajstić information content (AvgIpc) is 3.63. The highest BCUT2D eigenvalue weighted by molar-refractivity contribution is 7.96. The fraction of sp³-hybridized carbons (Fsp3) is 0.708. The molecule has 1 aromatic rings. The maximum absolute atomic E-state index is 12.8. The minimum absolute atomic E-state index is 0.0493. The first-order chi connectivity index (χ1) is 15.8. The van der Waals surface area contributed by atoms with Crippen LogP contribution in [-0.2, 0) is 9.53 Å². The fourth-order valence-electron chi connectivity index (χ4n) is 5.15. The predicted octanol–water partition coefficient (Wildman–Crippen LogP) is 5.27. The molecule has 1 heterocycles. The van der Waals surface area contributed by atoms with Gasteiger partial charge in [0.1, 0.15) is 5.75 Å². The molecule has 9 heteroatoms. The minimum atomic E-state index is -4.68. The number of nitrogens with one attached hydrogen (secondary N) is 1. The molecule has 33 heavy (non-hydrogen) atoms. The zero-order chi connectivity index (χ0) is 23.4.